The van der Waals surface area contributed by atoms with Gasteiger partial charge < -0.3 is 24.4 Å². The van der Waals surface area contributed by atoms with E-state index in [0.29, 0.717) is 0 Å². The number of rotatable bonds is 1. The smallest absolute Gasteiger partial charge is 1.00 e. The largest absolute Gasteiger partial charge is 2.00 e. The third kappa shape index (κ3) is 24.0. The van der Waals surface area contributed by atoms with Gasteiger partial charge in [-0.2, -0.15) is 0 Å². The summed E-state index contributed by atoms with van der Waals surface area (Å²) in [5.74, 6) is -2.20. The van der Waals surface area contributed by atoms with E-state index in [4.69, 9.17) is 5.11 Å². The van der Waals surface area contributed by atoms with Gasteiger partial charge in [0.15, 0.2) is 0 Å². The molecule has 0 aliphatic rings. The molecule has 0 fully saturated rings. The van der Waals surface area contributed by atoms with E-state index in [2.05, 4.69) is 0 Å². The maximum atomic E-state index is 9.54. The molecule has 0 atom stereocenters. The minimum Gasteiger partial charge on any atom is -1.00 e. The molecule has 0 saturated carbocycles. The third-order valence-electron chi connectivity index (χ3n) is 0.301. The van der Waals surface area contributed by atoms with E-state index in [1.807, 2.05) is 0 Å². The van der Waals surface area contributed by atoms with E-state index in [1.165, 1.54) is 0 Å². The van der Waals surface area contributed by atoms with Gasteiger partial charge in [0.1, 0.15) is 0 Å². The number of carboxylic acids is 1. The maximum absolute atomic E-state index is 9.54. The van der Waals surface area contributed by atoms with Gasteiger partial charge in [0.05, 0.1) is 0 Å². The molecule has 6 nitrogen and oxygen atoms in total. The monoisotopic (exact) mass is 184 g/mol. The zero-order chi connectivity index (χ0) is 5.15. The molecule has 0 aliphatic carbocycles. The topological polar surface area (TPSA) is 149 Å². The number of hydrogen-bond acceptors (Lipinski definition) is 2. The van der Waals surface area contributed by atoms with Gasteiger partial charge >= 0.3 is 43.7 Å². The molecule has 0 bridgehead atoms. The van der Waals surface area contributed by atoms with E-state index in [1.54, 1.807) is 0 Å². The molecule has 0 heterocycles. The molecule has 0 aromatic carbocycles. The Morgan fingerprint density at radius 3 is 1.30 bits per heavy atom. The summed E-state index contributed by atoms with van der Waals surface area (Å²) in [6.45, 7) is 1.00. The first-order chi connectivity index (χ1) is 2.64. The van der Waals surface area contributed by atoms with Gasteiger partial charge in [0.2, 0.25) is 5.78 Å². The molecular weight excluding hydrogens is 172 g/mol. The summed E-state index contributed by atoms with van der Waals surface area (Å²) < 4.78 is 0. The maximum Gasteiger partial charge on any atom is 2.00 e. The van der Waals surface area contributed by atoms with Crippen LogP contribution in [-0.2, 0) is 9.59 Å². The molecule has 0 aromatic rings. The summed E-state index contributed by atoms with van der Waals surface area (Å²) in [5, 5.41) is 7.64. The van der Waals surface area contributed by atoms with Gasteiger partial charge in [-0.05, 0) is 0 Å². The molecule has 0 aliphatic heterocycles. The van der Waals surface area contributed by atoms with Gasteiger partial charge in [-0.3, -0.25) is 4.79 Å². The van der Waals surface area contributed by atoms with Crippen molar-refractivity contribution in [2.45, 2.75) is 6.92 Å². The van der Waals surface area contributed by atoms with Crippen LogP contribution in [0.2, 0.25) is 0 Å². The summed E-state index contributed by atoms with van der Waals surface area (Å²) in [4.78, 5) is 18.9. The Hall–Kier alpha value is 0.280. The number of aliphatic carboxylic acids is 1. The molecule has 0 aromatic heterocycles. The van der Waals surface area contributed by atoms with Crippen LogP contribution < -0.4 is 0 Å². The van der Waals surface area contributed by atoms with Crippen LogP contribution in [0.15, 0.2) is 0 Å². The van der Waals surface area contributed by atoms with Crippen molar-refractivity contribution in [1.29, 1.82) is 0 Å². The third-order valence-corrected chi connectivity index (χ3v) is 0.301. The average Bonchev–Trinajstić information content (AvgIpc) is 1.36. The van der Waals surface area contributed by atoms with Gasteiger partial charge in [-0.15, -0.1) is 0 Å². The molecule has 0 rings (SSSR count). The van der Waals surface area contributed by atoms with Crippen molar-refractivity contribution in [2.75, 3.05) is 0 Å². The molecule has 0 spiro atoms. The fourth-order valence-corrected chi connectivity index (χ4v) is 0. The second kappa shape index (κ2) is 16.1. The first-order valence-corrected chi connectivity index (χ1v) is 1.38. The summed E-state index contributed by atoms with van der Waals surface area (Å²) in [7, 11) is 0. The van der Waals surface area contributed by atoms with Gasteiger partial charge in [-0.1, -0.05) is 0 Å². The summed E-state index contributed by atoms with van der Waals surface area (Å²) in [6.07, 6.45) is 0. The Bertz CT molecular complexity index is 86.8. The van der Waals surface area contributed by atoms with Crippen LogP contribution in [0.5, 0.6) is 0 Å². The molecule has 0 unspecified atom stereocenters. The van der Waals surface area contributed by atoms with Gasteiger partial charge in [0.25, 0.3) is 0 Å². The first-order valence-electron chi connectivity index (χ1n) is 1.38. The van der Waals surface area contributed by atoms with Crippen molar-refractivity contribution in [3.8, 4) is 0 Å². The molecule has 7 heteroatoms. The van der Waals surface area contributed by atoms with E-state index >= 15 is 0 Å². The number of hydrogen-bond donors (Lipinski definition) is 1. The molecule has 0 radical (unpaired) electrons. The van der Waals surface area contributed by atoms with Crippen LogP contribution >= 0.6 is 0 Å². The van der Waals surface area contributed by atoms with E-state index in [-0.39, 0.29) is 57.0 Å². The predicted molar refractivity (Wildman–Crippen MR) is 37.1 cm³/mol. The van der Waals surface area contributed by atoms with E-state index in [0.717, 1.165) is 6.92 Å². The first kappa shape index (κ1) is 31.8. The SMILES string of the molecule is CC(=O)C(=O)O.O.O.O.[Ca+2].[H-].[H-]. The van der Waals surface area contributed by atoms with Crippen LogP contribution in [0.25, 0.3) is 0 Å². The summed E-state index contributed by atoms with van der Waals surface area (Å²) in [6, 6.07) is 0. The van der Waals surface area contributed by atoms with Crippen LogP contribution in [0.1, 0.15) is 9.78 Å². The Kier molecular flexibility index (Phi) is 51.2. The Balaban J connectivity index is -0.00000000833. The molecule has 62 valence electrons. The second-order valence-corrected chi connectivity index (χ2v) is 0.861. The van der Waals surface area contributed by atoms with Crippen LogP contribution in [0.4, 0.5) is 0 Å². The number of ketones is 1. The fourth-order valence-electron chi connectivity index (χ4n) is 0. The van der Waals surface area contributed by atoms with Crippen molar-refractivity contribution in [2.24, 2.45) is 0 Å². The quantitative estimate of drug-likeness (QED) is 0.342. The van der Waals surface area contributed by atoms with E-state index in [9.17, 15) is 9.59 Å². The zero-order valence-corrected chi connectivity index (χ0v) is 7.68. The molecular formula is C3H12CaO6. The Labute approximate surface area is 90.1 Å². The Morgan fingerprint density at radius 1 is 1.20 bits per heavy atom. The minimum atomic E-state index is -1.38. The normalized spacial score (nSPS) is 4.50. The second-order valence-electron chi connectivity index (χ2n) is 0.861. The van der Waals surface area contributed by atoms with Crippen molar-refractivity contribution < 1.29 is 34.0 Å². The number of Topliss-reactive ketones (excluding diaryl/α,β-unsaturated/α-hetero) is 1. The minimum absolute atomic E-state index is 0. The van der Waals surface area contributed by atoms with Crippen molar-refractivity contribution in [3.63, 3.8) is 0 Å². The Morgan fingerprint density at radius 2 is 1.30 bits per heavy atom. The number of carbonyl (C=O) groups excluding carboxylic acids is 1. The van der Waals surface area contributed by atoms with Gasteiger partial charge in [0, 0.05) is 6.92 Å². The zero-order valence-electron chi connectivity index (χ0n) is 7.47. The fraction of sp³-hybridized carbons (Fsp3) is 0.333. The predicted octanol–water partition coefficient (Wildman–Crippen LogP) is -2.97. The van der Waals surface area contributed by atoms with E-state index < -0.39 is 11.8 Å². The summed E-state index contributed by atoms with van der Waals surface area (Å²) >= 11 is 0. The molecule has 10 heavy (non-hydrogen) atoms. The summed E-state index contributed by atoms with van der Waals surface area (Å²) in [5.41, 5.74) is 0. The molecule has 0 saturated heterocycles. The standard InChI is InChI=1S/C3H4O3.Ca.3H2O.2H/c1-2(4)3(5)6;;;;;;/h1H3,(H,5,6);;3*1H2;;/q;+2;;;;2*-1. The average molecular weight is 184 g/mol. The van der Waals surface area contributed by atoms with Crippen LogP contribution in [0.3, 0.4) is 0 Å². The van der Waals surface area contributed by atoms with Crippen LogP contribution in [-0.4, -0.2) is 71.0 Å². The molecule has 0 amide bonds. The van der Waals surface area contributed by atoms with Crippen LogP contribution in [0, 0.1) is 0 Å². The van der Waals surface area contributed by atoms with Crippen molar-refractivity contribution in [3.05, 3.63) is 0 Å². The number of carbonyl (C=O) groups is 2. The molecule has 7 N–H and O–H groups in total. The van der Waals surface area contributed by atoms with Crippen molar-refractivity contribution >= 4 is 49.5 Å². The van der Waals surface area contributed by atoms with Crippen molar-refractivity contribution in [1.82, 2.24) is 0 Å². The number of carboxylic acid groups (broad SMARTS) is 1. The van der Waals surface area contributed by atoms with Gasteiger partial charge in [-0.25, -0.2) is 4.79 Å².